The second-order valence-corrected chi connectivity index (χ2v) is 7.50. The molecule has 0 aliphatic carbocycles. The molecule has 2 aromatic carbocycles. The first-order valence-corrected chi connectivity index (χ1v) is 10.0. The molecule has 1 N–H and O–H groups in total. The highest BCUT2D eigenvalue weighted by Gasteiger charge is 2.37. The summed E-state index contributed by atoms with van der Waals surface area (Å²) in [6, 6.07) is 11.1. The molecule has 3 rings (SSSR count). The van der Waals surface area contributed by atoms with E-state index in [1.54, 1.807) is 30.3 Å². The Morgan fingerprint density at radius 3 is 2.30 bits per heavy atom. The molecular weight excluding hydrogens is 461 g/mol. The Hall–Kier alpha value is -3.14. The van der Waals surface area contributed by atoms with Gasteiger partial charge in [0.05, 0.1) is 11.1 Å². The fourth-order valence-corrected chi connectivity index (χ4v) is 3.48. The van der Waals surface area contributed by atoms with Crippen LogP contribution in [0.1, 0.15) is 26.3 Å². The Labute approximate surface area is 192 Å². The van der Waals surface area contributed by atoms with Gasteiger partial charge in [0, 0.05) is 48.5 Å². The monoisotopic (exact) mass is 480 g/mol. The first-order valence-electron chi connectivity index (χ1n) is 9.64. The van der Waals surface area contributed by atoms with Gasteiger partial charge in [0.1, 0.15) is 13.3 Å². The fourth-order valence-electron chi connectivity index (χ4n) is 3.35. The minimum Gasteiger partial charge on any atom is -0.377 e. The number of alkyl halides is 3. The van der Waals surface area contributed by atoms with Crippen LogP contribution in [0.2, 0.25) is 5.02 Å². The molecule has 3 aromatic rings. The van der Waals surface area contributed by atoms with Crippen molar-refractivity contribution in [3.63, 3.8) is 0 Å². The highest BCUT2D eigenvalue weighted by atomic mass is 35.5. The maximum Gasteiger partial charge on any atom is 0.418 e. The van der Waals surface area contributed by atoms with E-state index < -0.39 is 23.2 Å². The van der Waals surface area contributed by atoms with Gasteiger partial charge in [-0.05, 0) is 23.8 Å². The number of hydrogen-bond acceptors (Lipinski definition) is 4. The Morgan fingerprint density at radius 2 is 1.70 bits per heavy atom. The van der Waals surface area contributed by atoms with E-state index in [1.807, 2.05) is 0 Å². The number of aromatic nitrogens is 1. The van der Waals surface area contributed by atoms with Gasteiger partial charge < -0.3 is 19.4 Å². The largest absolute Gasteiger partial charge is 0.418 e. The number of halogens is 4. The molecule has 174 valence electrons. The summed E-state index contributed by atoms with van der Waals surface area (Å²) in [5.74, 6) is -1.34. The third kappa shape index (κ3) is 5.62. The van der Waals surface area contributed by atoms with Crippen LogP contribution in [0.5, 0.6) is 0 Å². The topological polar surface area (TPSA) is 69.6 Å². The number of carbonyl (C=O) groups is 2. The predicted octanol–water partition coefficient (Wildman–Crippen LogP) is 5.51. The van der Waals surface area contributed by atoms with Crippen molar-refractivity contribution in [1.82, 2.24) is 4.57 Å². The van der Waals surface area contributed by atoms with Gasteiger partial charge in [0.15, 0.2) is 5.78 Å². The van der Waals surface area contributed by atoms with E-state index in [-0.39, 0.29) is 30.4 Å². The van der Waals surface area contributed by atoms with Crippen molar-refractivity contribution >= 4 is 29.0 Å². The summed E-state index contributed by atoms with van der Waals surface area (Å²) in [5, 5.41) is 2.98. The summed E-state index contributed by atoms with van der Waals surface area (Å²) in [6.07, 6.45) is -2.89. The average Bonchev–Trinajstić information content (AvgIpc) is 3.20. The van der Waals surface area contributed by atoms with Crippen molar-refractivity contribution in [1.29, 1.82) is 0 Å². The zero-order chi connectivity index (χ0) is 24.2. The molecule has 6 nitrogen and oxygen atoms in total. The number of anilines is 1. The van der Waals surface area contributed by atoms with Gasteiger partial charge in [-0.3, -0.25) is 9.59 Å². The molecular formula is C23H20ClF3N2O4. The van der Waals surface area contributed by atoms with Crippen LogP contribution >= 0.6 is 11.6 Å². The molecule has 33 heavy (non-hydrogen) atoms. The molecule has 0 aliphatic heterocycles. The molecule has 0 radical (unpaired) electrons. The van der Waals surface area contributed by atoms with E-state index >= 15 is 0 Å². The predicted molar refractivity (Wildman–Crippen MR) is 117 cm³/mol. The molecule has 1 aromatic heterocycles. The lowest BCUT2D eigenvalue weighted by molar-refractivity contribution is -0.137. The van der Waals surface area contributed by atoms with Gasteiger partial charge in [-0.2, -0.15) is 13.2 Å². The molecule has 0 bridgehead atoms. The summed E-state index contributed by atoms with van der Waals surface area (Å²) in [6.45, 7) is -0.372. The van der Waals surface area contributed by atoms with E-state index in [2.05, 4.69) is 5.32 Å². The van der Waals surface area contributed by atoms with Crippen LogP contribution in [0, 0.1) is 0 Å². The number of methoxy groups -OCH3 is 2. The minimum absolute atomic E-state index is 0.159. The third-order valence-electron chi connectivity index (χ3n) is 4.73. The van der Waals surface area contributed by atoms with Crippen molar-refractivity contribution in [2.45, 2.75) is 12.9 Å². The standard InChI is InChI=1S/C23H20ClF3N2O4/c1-32-12-20(30)16-4-3-5-19(21(16)14-6-8-15(24)9-7-14)28-22(31)17-10-29(13-33-2)11-18(17)23(25,26)27/h3-11H,12-13H2,1-2H3,(H,28,31). The van der Waals surface area contributed by atoms with Crippen molar-refractivity contribution in [2.75, 3.05) is 26.1 Å². The number of carbonyl (C=O) groups excluding carboxylic acids is 2. The van der Waals surface area contributed by atoms with Crippen LogP contribution in [0.25, 0.3) is 11.1 Å². The Morgan fingerprint density at radius 1 is 1.00 bits per heavy atom. The van der Waals surface area contributed by atoms with Gasteiger partial charge in [-0.25, -0.2) is 0 Å². The van der Waals surface area contributed by atoms with E-state index in [4.69, 9.17) is 21.1 Å². The summed E-state index contributed by atoms with van der Waals surface area (Å²) in [4.78, 5) is 25.6. The lowest BCUT2D eigenvalue weighted by Gasteiger charge is -2.16. The van der Waals surface area contributed by atoms with Crippen molar-refractivity contribution in [3.05, 3.63) is 76.6 Å². The summed E-state index contributed by atoms with van der Waals surface area (Å²) < 4.78 is 51.5. The lowest BCUT2D eigenvalue weighted by Crippen LogP contribution is -2.18. The van der Waals surface area contributed by atoms with E-state index in [0.29, 0.717) is 16.1 Å². The highest BCUT2D eigenvalue weighted by molar-refractivity contribution is 6.30. The lowest BCUT2D eigenvalue weighted by atomic mass is 9.95. The smallest absolute Gasteiger partial charge is 0.377 e. The molecule has 0 fully saturated rings. The van der Waals surface area contributed by atoms with Crippen LogP contribution in [0.4, 0.5) is 18.9 Å². The summed E-state index contributed by atoms with van der Waals surface area (Å²) in [7, 11) is 2.70. The van der Waals surface area contributed by atoms with Gasteiger partial charge in [0.2, 0.25) is 0 Å². The van der Waals surface area contributed by atoms with E-state index in [9.17, 15) is 22.8 Å². The first kappa shape index (κ1) is 24.5. The molecule has 0 saturated heterocycles. The number of hydrogen-bond donors (Lipinski definition) is 1. The number of ether oxygens (including phenoxy) is 2. The number of amides is 1. The highest BCUT2D eigenvalue weighted by Crippen LogP contribution is 2.36. The number of Topliss-reactive ketones (excluding diaryl/α,β-unsaturated/α-hetero) is 1. The minimum atomic E-state index is -4.75. The van der Waals surface area contributed by atoms with Crippen LogP contribution in [-0.2, 0) is 22.4 Å². The normalized spacial score (nSPS) is 11.5. The van der Waals surface area contributed by atoms with Crippen molar-refractivity contribution in [3.8, 4) is 11.1 Å². The molecule has 1 amide bonds. The zero-order valence-corrected chi connectivity index (χ0v) is 18.5. The Kier molecular flexibility index (Phi) is 7.57. The molecule has 0 atom stereocenters. The second kappa shape index (κ2) is 10.2. The van der Waals surface area contributed by atoms with Crippen molar-refractivity contribution in [2.24, 2.45) is 0 Å². The van der Waals surface area contributed by atoms with Crippen LogP contribution in [0.15, 0.2) is 54.9 Å². The zero-order valence-electron chi connectivity index (χ0n) is 17.7. The van der Waals surface area contributed by atoms with Gasteiger partial charge in [-0.15, -0.1) is 0 Å². The maximum absolute atomic E-state index is 13.5. The van der Waals surface area contributed by atoms with E-state index in [0.717, 1.165) is 17.0 Å². The molecule has 0 unspecified atom stereocenters. The number of rotatable bonds is 8. The molecule has 10 heteroatoms. The number of nitrogens with zero attached hydrogens (tertiary/aromatic N) is 1. The van der Waals surface area contributed by atoms with Crippen LogP contribution in [0.3, 0.4) is 0 Å². The van der Waals surface area contributed by atoms with Crippen LogP contribution < -0.4 is 5.32 Å². The Bertz CT molecular complexity index is 1160. The quantitative estimate of drug-likeness (QED) is 0.431. The summed E-state index contributed by atoms with van der Waals surface area (Å²) in [5.41, 5.74) is -0.383. The Balaban J connectivity index is 2.09. The van der Waals surface area contributed by atoms with Crippen LogP contribution in [-0.4, -0.2) is 37.1 Å². The first-order chi connectivity index (χ1) is 15.7. The summed E-state index contributed by atoms with van der Waals surface area (Å²) >= 11 is 5.97. The van der Waals surface area contributed by atoms with E-state index in [1.165, 1.54) is 26.4 Å². The average molecular weight is 481 g/mol. The van der Waals surface area contributed by atoms with Crippen molar-refractivity contribution < 1.29 is 32.2 Å². The van der Waals surface area contributed by atoms with Gasteiger partial charge in [0.25, 0.3) is 5.91 Å². The molecule has 1 heterocycles. The van der Waals surface area contributed by atoms with Gasteiger partial charge in [-0.1, -0.05) is 35.9 Å². The number of ketones is 1. The SMILES string of the molecule is COCC(=O)c1cccc(NC(=O)c2cn(COC)cc2C(F)(F)F)c1-c1ccc(Cl)cc1. The molecule has 0 aliphatic rings. The number of benzene rings is 2. The molecule has 0 saturated carbocycles. The van der Waals surface area contributed by atoms with Gasteiger partial charge >= 0.3 is 6.18 Å². The second-order valence-electron chi connectivity index (χ2n) is 7.06. The fraction of sp³-hybridized carbons (Fsp3) is 0.217. The maximum atomic E-state index is 13.5. The molecule has 0 spiro atoms. The third-order valence-corrected chi connectivity index (χ3v) is 4.98. The number of nitrogens with one attached hydrogen (secondary N) is 1.